The average Bonchev–Trinajstić information content (AvgIpc) is 3.31. The van der Waals surface area contributed by atoms with Gasteiger partial charge in [0, 0.05) is 35.9 Å². The number of H-pyrrole nitrogens is 1. The molecule has 2 atom stereocenters. The van der Waals surface area contributed by atoms with Gasteiger partial charge in [-0.05, 0) is 38.1 Å². The summed E-state index contributed by atoms with van der Waals surface area (Å²) in [5, 5.41) is 6.96. The molecule has 4 rings (SSSR count). The van der Waals surface area contributed by atoms with E-state index >= 15 is 0 Å². The molecule has 7 heteroatoms. The highest BCUT2D eigenvalue weighted by Gasteiger charge is 2.25. The zero-order chi connectivity index (χ0) is 18.1. The van der Waals surface area contributed by atoms with Crippen LogP contribution in [-0.4, -0.2) is 46.8 Å². The summed E-state index contributed by atoms with van der Waals surface area (Å²) in [6.45, 7) is 5.56. The highest BCUT2D eigenvalue weighted by atomic mass is 32.1. The molecule has 1 saturated heterocycles. The van der Waals surface area contributed by atoms with Gasteiger partial charge in [-0.1, -0.05) is 0 Å². The minimum absolute atomic E-state index is 0.119. The molecule has 1 aliphatic heterocycles. The number of aromatic nitrogens is 3. The molecule has 0 spiro atoms. The summed E-state index contributed by atoms with van der Waals surface area (Å²) in [5.74, 6) is 0.732. The predicted molar refractivity (Wildman–Crippen MR) is 103 cm³/mol. The van der Waals surface area contributed by atoms with Crippen LogP contribution in [0.4, 0.5) is 5.82 Å². The fourth-order valence-corrected chi connectivity index (χ4v) is 4.30. The van der Waals surface area contributed by atoms with Crippen LogP contribution in [0, 0.1) is 0 Å². The smallest absolute Gasteiger partial charge is 0.153 e. The minimum atomic E-state index is 0.119. The largest absolute Gasteiger partial charge is 0.372 e. The molecule has 6 nitrogen and oxygen atoms in total. The van der Waals surface area contributed by atoms with Crippen molar-refractivity contribution >= 4 is 23.4 Å². The van der Waals surface area contributed by atoms with E-state index in [1.54, 1.807) is 17.5 Å². The van der Waals surface area contributed by atoms with Gasteiger partial charge in [0.15, 0.2) is 6.29 Å². The molecule has 0 saturated carbocycles. The maximum Gasteiger partial charge on any atom is 0.153 e. The Kier molecular flexibility index (Phi) is 4.57. The van der Waals surface area contributed by atoms with Gasteiger partial charge in [-0.15, -0.1) is 11.3 Å². The predicted octanol–water partition coefficient (Wildman–Crippen LogP) is 3.63. The molecule has 0 bridgehead atoms. The standard InChI is InChI=1S/C19H20N4O2S/c1-12-9-23(10-13(2)25-12)19-15(11-24)7-14(8-20-19)17-3-4-18(26-17)16-5-6-21-22-16/h3-8,11-13H,9-10H2,1-2H3,(H,21,22)/t12-,13+. The Labute approximate surface area is 155 Å². The van der Waals surface area contributed by atoms with Crippen molar-refractivity contribution in [1.29, 1.82) is 0 Å². The van der Waals surface area contributed by atoms with Crippen LogP contribution >= 0.6 is 11.3 Å². The lowest BCUT2D eigenvalue weighted by Crippen LogP contribution is -2.46. The van der Waals surface area contributed by atoms with E-state index in [0.717, 1.165) is 46.2 Å². The van der Waals surface area contributed by atoms with Crippen molar-refractivity contribution in [2.24, 2.45) is 0 Å². The topological polar surface area (TPSA) is 71.1 Å². The van der Waals surface area contributed by atoms with E-state index < -0.39 is 0 Å². The number of carbonyl (C=O) groups excluding carboxylic acids is 1. The molecule has 0 unspecified atom stereocenters. The number of ether oxygens (including phenoxy) is 1. The number of carbonyl (C=O) groups is 1. The zero-order valence-electron chi connectivity index (χ0n) is 14.7. The number of rotatable bonds is 4. The zero-order valence-corrected chi connectivity index (χ0v) is 15.5. The Morgan fingerprint density at radius 2 is 2.00 bits per heavy atom. The van der Waals surface area contributed by atoms with Gasteiger partial charge < -0.3 is 9.64 Å². The van der Waals surface area contributed by atoms with Crippen LogP contribution in [0.3, 0.4) is 0 Å². The number of hydrogen-bond donors (Lipinski definition) is 1. The number of aldehydes is 1. The molecular formula is C19H20N4O2S. The molecular weight excluding hydrogens is 348 g/mol. The van der Waals surface area contributed by atoms with Crippen molar-refractivity contribution in [3.63, 3.8) is 0 Å². The Morgan fingerprint density at radius 1 is 1.23 bits per heavy atom. The van der Waals surface area contributed by atoms with Crippen molar-refractivity contribution in [1.82, 2.24) is 15.2 Å². The molecule has 1 aliphatic rings. The second-order valence-electron chi connectivity index (χ2n) is 6.55. The third-order valence-corrected chi connectivity index (χ3v) is 5.57. The molecule has 0 amide bonds. The van der Waals surface area contributed by atoms with Crippen LogP contribution < -0.4 is 4.90 Å². The van der Waals surface area contributed by atoms with Gasteiger partial charge in [-0.3, -0.25) is 9.89 Å². The fourth-order valence-electron chi connectivity index (χ4n) is 3.34. The Bertz CT molecular complexity index is 896. The highest BCUT2D eigenvalue weighted by molar-refractivity contribution is 7.18. The summed E-state index contributed by atoms with van der Waals surface area (Å²) in [5.41, 5.74) is 2.54. The molecule has 1 N–H and O–H groups in total. The van der Waals surface area contributed by atoms with Crippen molar-refractivity contribution in [2.45, 2.75) is 26.1 Å². The lowest BCUT2D eigenvalue weighted by molar-refractivity contribution is -0.00549. The number of pyridine rings is 1. The van der Waals surface area contributed by atoms with Gasteiger partial charge in [0.2, 0.25) is 0 Å². The average molecular weight is 368 g/mol. The molecule has 134 valence electrons. The van der Waals surface area contributed by atoms with Crippen LogP contribution in [0.15, 0.2) is 36.7 Å². The summed E-state index contributed by atoms with van der Waals surface area (Å²) in [6, 6.07) is 7.95. The van der Waals surface area contributed by atoms with Crippen LogP contribution in [0.25, 0.3) is 21.0 Å². The summed E-state index contributed by atoms with van der Waals surface area (Å²) in [4.78, 5) is 20.6. The second-order valence-corrected chi connectivity index (χ2v) is 7.63. The Hall–Kier alpha value is -2.51. The molecule has 0 radical (unpaired) electrons. The number of morpholine rings is 1. The SMILES string of the molecule is C[C@@H]1CN(c2ncc(-c3ccc(-c4ccn[nH]4)s3)cc2C=O)C[C@H](C)O1. The Morgan fingerprint density at radius 3 is 2.69 bits per heavy atom. The summed E-state index contributed by atoms with van der Waals surface area (Å²) in [7, 11) is 0. The first kappa shape index (κ1) is 16.9. The molecule has 1 fully saturated rings. The van der Waals surface area contributed by atoms with Crippen LogP contribution in [0.1, 0.15) is 24.2 Å². The van der Waals surface area contributed by atoms with E-state index in [4.69, 9.17) is 4.74 Å². The molecule has 3 aromatic heterocycles. The van der Waals surface area contributed by atoms with Gasteiger partial charge in [-0.25, -0.2) is 4.98 Å². The summed E-state index contributed by atoms with van der Waals surface area (Å²) < 4.78 is 5.78. The van der Waals surface area contributed by atoms with E-state index in [0.29, 0.717) is 5.56 Å². The first-order chi connectivity index (χ1) is 12.6. The number of anilines is 1. The van der Waals surface area contributed by atoms with Crippen LogP contribution in [-0.2, 0) is 4.74 Å². The van der Waals surface area contributed by atoms with E-state index in [-0.39, 0.29) is 12.2 Å². The number of hydrogen-bond acceptors (Lipinski definition) is 6. The number of thiophene rings is 1. The number of nitrogens with one attached hydrogen (secondary N) is 1. The van der Waals surface area contributed by atoms with Crippen molar-refractivity contribution in [3.8, 4) is 21.0 Å². The lowest BCUT2D eigenvalue weighted by Gasteiger charge is -2.36. The minimum Gasteiger partial charge on any atom is -0.372 e. The maximum absolute atomic E-state index is 11.7. The van der Waals surface area contributed by atoms with Gasteiger partial charge in [0.05, 0.1) is 28.3 Å². The lowest BCUT2D eigenvalue weighted by atomic mass is 10.1. The van der Waals surface area contributed by atoms with E-state index in [9.17, 15) is 4.79 Å². The highest BCUT2D eigenvalue weighted by Crippen LogP contribution is 2.34. The number of aromatic amines is 1. The molecule has 3 aromatic rings. The summed E-state index contributed by atoms with van der Waals surface area (Å²) in [6.07, 6.45) is 4.71. The van der Waals surface area contributed by atoms with Gasteiger partial charge in [0.25, 0.3) is 0 Å². The van der Waals surface area contributed by atoms with Gasteiger partial charge in [-0.2, -0.15) is 5.10 Å². The third-order valence-electron chi connectivity index (χ3n) is 4.40. The molecule has 0 aromatic carbocycles. The van der Waals surface area contributed by atoms with Crippen molar-refractivity contribution < 1.29 is 9.53 Å². The van der Waals surface area contributed by atoms with Gasteiger partial charge >= 0.3 is 0 Å². The van der Waals surface area contributed by atoms with E-state index in [1.807, 2.05) is 44.3 Å². The maximum atomic E-state index is 11.7. The van der Waals surface area contributed by atoms with E-state index in [1.165, 1.54) is 0 Å². The van der Waals surface area contributed by atoms with Crippen molar-refractivity contribution in [3.05, 3.63) is 42.2 Å². The first-order valence-corrected chi connectivity index (χ1v) is 9.41. The molecule has 26 heavy (non-hydrogen) atoms. The van der Waals surface area contributed by atoms with Crippen molar-refractivity contribution in [2.75, 3.05) is 18.0 Å². The van der Waals surface area contributed by atoms with E-state index in [2.05, 4.69) is 20.1 Å². The van der Waals surface area contributed by atoms with Crippen LogP contribution in [0.5, 0.6) is 0 Å². The normalized spacial score (nSPS) is 20.3. The fraction of sp³-hybridized carbons (Fsp3) is 0.316. The molecule has 4 heterocycles. The number of nitrogens with zero attached hydrogens (tertiary/aromatic N) is 3. The quantitative estimate of drug-likeness (QED) is 0.712. The van der Waals surface area contributed by atoms with Gasteiger partial charge in [0.1, 0.15) is 5.82 Å². The van der Waals surface area contributed by atoms with Crippen LogP contribution in [0.2, 0.25) is 0 Å². The third kappa shape index (κ3) is 3.27. The monoisotopic (exact) mass is 368 g/mol. The first-order valence-electron chi connectivity index (χ1n) is 8.59. The Balaban J connectivity index is 1.64. The molecule has 0 aliphatic carbocycles. The summed E-state index contributed by atoms with van der Waals surface area (Å²) >= 11 is 1.64. The second kappa shape index (κ2) is 7.01.